The minimum Gasteiger partial charge on any atom is -0.478 e. The van der Waals surface area contributed by atoms with E-state index in [-0.39, 0.29) is 46.6 Å². The summed E-state index contributed by atoms with van der Waals surface area (Å²) in [7, 11) is 0. The van der Waals surface area contributed by atoms with Crippen molar-refractivity contribution in [2.75, 3.05) is 11.1 Å². The number of amides is 2. The summed E-state index contributed by atoms with van der Waals surface area (Å²) in [5.41, 5.74) is 7.35. The maximum absolute atomic E-state index is 13.2. The van der Waals surface area contributed by atoms with Crippen molar-refractivity contribution in [2.45, 2.75) is 25.4 Å². The van der Waals surface area contributed by atoms with E-state index in [1.807, 2.05) is 0 Å². The highest BCUT2D eigenvalue weighted by molar-refractivity contribution is 5.98. The fraction of sp³-hybridized carbons (Fsp3) is 0.143. The summed E-state index contributed by atoms with van der Waals surface area (Å²) in [5.74, 6) is -2.07. The van der Waals surface area contributed by atoms with Gasteiger partial charge in [0.1, 0.15) is 22.8 Å². The van der Waals surface area contributed by atoms with Crippen molar-refractivity contribution in [1.29, 1.82) is 0 Å². The summed E-state index contributed by atoms with van der Waals surface area (Å²) in [4.78, 5) is 65.1. The number of nitrogens with zero attached hydrogens (tertiary/aromatic N) is 4. The SMILES string of the molecule is Nc1c(Nc2cccc(CNC(=O)c3cc(C(=O)N[C@H]4CCc5cc(C(=O)O)ccc54)nc4cnnn34)c2)c(=O)c1=O. The molecule has 14 nitrogen and oxygen atoms in total. The van der Waals surface area contributed by atoms with Gasteiger partial charge < -0.3 is 26.8 Å². The van der Waals surface area contributed by atoms with Gasteiger partial charge in [-0.1, -0.05) is 23.4 Å². The van der Waals surface area contributed by atoms with E-state index in [0.717, 1.165) is 11.1 Å². The molecule has 2 heterocycles. The van der Waals surface area contributed by atoms with Gasteiger partial charge in [-0.2, -0.15) is 4.52 Å². The van der Waals surface area contributed by atoms with Crippen LogP contribution in [0.5, 0.6) is 0 Å². The third kappa shape index (κ3) is 4.70. The zero-order chi connectivity index (χ0) is 29.5. The fourth-order valence-corrected chi connectivity index (χ4v) is 4.94. The molecule has 0 saturated carbocycles. The monoisotopic (exact) mass is 566 g/mol. The molecule has 0 unspecified atom stereocenters. The first-order chi connectivity index (χ1) is 20.2. The van der Waals surface area contributed by atoms with Crippen LogP contribution in [0.25, 0.3) is 5.65 Å². The first-order valence-electron chi connectivity index (χ1n) is 12.8. The van der Waals surface area contributed by atoms with Crippen LogP contribution in [0.3, 0.4) is 0 Å². The summed E-state index contributed by atoms with van der Waals surface area (Å²) in [6.07, 6.45) is 2.54. The van der Waals surface area contributed by atoms with E-state index in [2.05, 4.69) is 31.2 Å². The van der Waals surface area contributed by atoms with Gasteiger partial charge in [0.05, 0.1) is 17.8 Å². The molecule has 14 heteroatoms. The zero-order valence-corrected chi connectivity index (χ0v) is 21.7. The highest BCUT2D eigenvalue weighted by Gasteiger charge is 2.27. The lowest BCUT2D eigenvalue weighted by Gasteiger charge is -2.15. The number of carbonyl (C=O) groups is 3. The van der Waals surface area contributed by atoms with E-state index in [0.29, 0.717) is 24.1 Å². The van der Waals surface area contributed by atoms with E-state index in [1.165, 1.54) is 22.8 Å². The number of carboxylic acids is 1. The van der Waals surface area contributed by atoms with Crippen LogP contribution in [0.2, 0.25) is 0 Å². The van der Waals surface area contributed by atoms with Gasteiger partial charge in [-0.15, -0.1) is 5.10 Å². The van der Waals surface area contributed by atoms with E-state index >= 15 is 0 Å². The van der Waals surface area contributed by atoms with Crippen molar-refractivity contribution in [3.05, 3.63) is 109 Å². The minimum atomic E-state index is -1.02. The lowest BCUT2D eigenvalue weighted by atomic mass is 10.0. The molecule has 1 aliphatic carbocycles. The van der Waals surface area contributed by atoms with Crippen molar-refractivity contribution in [1.82, 2.24) is 30.4 Å². The molecule has 0 spiro atoms. The first kappa shape index (κ1) is 26.3. The Labute approximate surface area is 235 Å². The normalized spacial score (nSPS) is 14.0. The summed E-state index contributed by atoms with van der Waals surface area (Å²) in [6, 6.07) is 12.6. The molecule has 1 aliphatic rings. The van der Waals surface area contributed by atoms with E-state index in [4.69, 9.17) is 5.73 Å². The number of aryl methyl sites for hydroxylation is 1. The number of carboxylic acid groups (broad SMARTS) is 1. The number of hydrogen-bond acceptors (Lipinski definition) is 10. The van der Waals surface area contributed by atoms with Gasteiger partial charge >= 0.3 is 5.97 Å². The number of benzene rings is 2. The van der Waals surface area contributed by atoms with Gasteiger partial charge in [-0.05, 0) is 53.8 Å². The molecule has 0 fully saturated rings. The van der Waals surface area contributed by atoms with Crippen molar-refractivity contribution >= 4 is 40.5 Å². The number of fused-ring (bicyclic) bond motifs is 2. The highest BCUT2D eigenvalue weighted by atomic mass is 16.4. The standard InChI is InChI=1S/C28H22N8O6/c29-22-23(25(38)24(22)37)32-16-3-1-2-13(8-16)11-30-27(40)20-10-19(33-21-12-31-35-36(20)21)26(39)34-18-7-5-14-9-15(28(41)42)4-6-17(14)18/h1-4,6,8-10,12,18,32H,5,7,11,29H2,(H,30,40)(H,34,39)(H,41,42)/t18-/m0/s1. The number of aromatic nitrogens is 4. The second kappa shape index (κ2) is 10.2. The van der Waals surface area contributed by atoms with Crippen LogP contribution in [0.1, 0.15) is 60.5 Å². The van der Waals surface area contributed by atoms with Crippen molar-refractivity contribution in [3.8, 4) is 0 Å². The Bertz CT molecular complexity index is 1990. The Hall–Kier alpha value is -5.92. The highest BCUT2D eigenvalue weighted by Crippen LogP contribution is 2.32. The van der Waals surface area contributed by atoms with Crippen LogP contribution in [0.4, 0.5) is 17.1 Å². The number of aromatic carboxylic acids is 1. The molecule has 6 N–H and O–H groups in total. The van der Waals surface area contributed by atoms with Crippen LogP contribution >= 0.6 is 0 Å². The molecular formula is C28H22N8O6. The molecule has 6 rings (SSSR count). The molecule has 0 bridgehead atoms. The predicted octanol–water partition coefficient (Wildman–Crippen LogP) is 1.09. The van der Waals surface area contributed by atoms with Crippen molar-refractivity contribution in [3.63, 3.8) is 0 Å². The van der Waals surface area contributed by atoms with Gasteiger partial charge in [-0.25, -0.2) is 9.78 Å². The van der Waals surface area contributed by atoms with Gasteiger partial charge in [0.2, 0.25) is 0 Å². The molecular weight excluding hydrogens is 544 g/mol. The molecule has 2 amide bonds. The fourth-order valence-electron chi connectivity index (χ4n) is 4.94. The Balaban J connectivity index is 1.17. The zero-order valence-electron chi connectivity index (χ0n) is 21.7. The Kier molecular flexibility index (Phi) is 6.41. The van der Waals surface area contributed by atoms with Gasteiger partial charge in [0.15, 0.2) is 5.65 Å². The second-order valence-corrected chi connectivity index (χ2v) is 9.77. The summed E-state index contributed by atoms with van der Waals surface area (Å²) < 4.78 is 1.22. The molecule has 1 atom stereocenters. The van der Waals surface area contributed by atoms with Crippen molar-refractivity contribution in [2.24, 2.45) is 0 Å². The number of nitrogens with one attached hydrogen (secondary N) is 3. The molecule has 0 saturated heterocycles. The topological polar surface area (TPSA) is 211 Å². The maximum atomic E-state index is 13.2. The summed E-state index contributed by atoms with van der Waals surface area (Å²) in [5, 5.41) is 25.5. The average Bonchev–Trinajstić information content (AvgIpc) is 3.64. The quantitative estimate of drug-likeness (QED) is 0.168. The number of hydrogen-bond donors (Lipinski definition) is 5. The summed E-state index contributed by atoms with van der Waals surface area (Å²) in [6.45, 7) is 0.0903. The lowest BCUT2D eigenvalue weighted by molar-refractivity contribution is 0.0696. The van der Waals surface area contributed by atoms with Gasteiger partial charge in [0.25, 0.3) is 22.7 Å². The lowest BCUT2D eigenvalue weighted by Crippen LogP contribution is -2.36. The largest absolute Gasteiger partial charge is 0.478 e. The number of nitrogens with two attached hydrogens (primary N) is 1. The first-order valence-corrected chi connectivity index (χ1v) is 12.8. The predicted molar refractivity (Wildman–Crippen MR) is 149 cm³/mol. The van der Waals surface area contributed by atoms with E-state index < -0.39 is 28.6 Å². The third-order valence-corrected chi connectivity index (χ3v) is 7.10. The number of nitrogen functional groups attached to an aromatic ring is 1. The molecule has 210 valence electrons. The van der Waals surface area contributed by atoms with E-state index in [1.54, 1.807) is 36.4 Å². The minimum absolute atomic E-state index is 0.0117. The summed E-state index contributed by atoms with van der Waals surface area (Å²) >= 11 is 0. The number of anilines is 3. The Morgan fingerprint density at radius 3 is 2.67 bits per heavy atom. The maximum Gasteiger partial charge on any atom is 0.335 e. The molecule has 2 aromatic heterocycles. The van der Waals surface area contributed by atoms with Crippen LogP contribution in [0.15, 0.2) is 64.3 Å². The second-order valence-electron chi connectivity index (χ2n) is 9.77. The molecule has 42 heavy (non-hydrogen) atoms. The van der Waals surface area contributed by atoms with Crippen LogP contribution in [-0.2, 0) is 13.0 Å². The third-order valence-electron chi connectivity index (χ3n) is 7.10. The smallest absolute Gasteiger partial charge is 0.335 e. The number of rotatable bonds is 8. The number of carbonyl (C=O) groups excluding carboxylic acids is 2. The molecule has 0 radical (unpaired) electrons. The van der Waals surface area contributed by atoms with Crippen LogP contribution in [-0.4, -0.2) is 42.7 Å². The molecule has 0 aliphatic heterocycles. The Morgan fingerprint density at radius 1 is 1.05 bits per heavy atom. The van der Waals surface area contributed by atoms with Gasteiger partial charge in [0, 0.05) is 18.3 Å². The average molecular weight is 567 g/mol. The Morgan fingerprint density at radius 2 is 1.88 bits per heavy atom. The molecule has 3 aromatic carbocycles. The van der Waals surface area contributed by atoms with E-state index in [9.17, 15) is 29.1 Å². The van der Waals surface area contributed by atoms with Crippen molar-refractivity contribution < 1.29 is 19.5 Å². The van der Waals surface area contributed by atoms with Gasteiger partial charge in [-0.3, -0.25) is 19.2 Å². The van der Waals surface area contributed by atoms with Crippen LogP contribution < -0.4 is 32.5 Å². The van der Waals surface area contributed by atoms with Crippen LogP contribution in [0, 0.1) is 0 Å². The molecule has 5 aromatic rings.